The van der Waals surface area contributed by atoms with Crippen molar-refractivity contribution in [1.82, 2.24) is 10.2 Å². The summed E-state index contributed by atoms with van der Waals surface area (Å²) in [6.07, 6.45) is 4.66. The zero-order valence-corrected chi connectivity index (χ0v) is 21.2. The molecule has 0 bridgehead atoms. The van der Waals surface area contributed by atoms with Gasteiger partial charge in [0.2, 0.25) is 5.91 Å². The molecule has 4 rings (SSSR count). The largest absolute Gasteiger partial charge is 0.349 e. The van der Waals surface area contributed by atoms with E-state index in [-0.39, 0.29) is 23.3 Å². The number of hydrogen-bond acceptors (Lipinski definition) is 3. The average Bonchev–Trinajstić information content (AvgIpc) is 3.25. The Bertz CT molecular complexity index is 1030. The molecule has 2 aliphatic heterocycles. The van der Waals surface area contributed by atoms with Gasteiger partial charge in [-0.2, -0.15) is 0 Å². The van der Waals surface area contributed by atoms with Gasteiger partial charge >= 0.3 is 0 Å². The highest BCUT2D eigenvalue weighted by atomic mass is 16.2. The van der Waals surface area contributed by atoms with Gasteiger partial charge in [-0.3, -0.25) is 9.59 Å². The van der Waals surface area contributed by atoms with Crippen molar-refractivity contribution >= 4 is 17.5 Å². The maximum absolute atomic E-state index is 13.6. The number of rotatable bonds is 6. The van der Waals surface area contributed by atoms with Crippen molar-refractivity contribution < 1.29 is 9.59 Å². The molecule has 2 saturated heterocycles. The summed E-state index contributed by atoms with van der Waals surface area (Å²) in [4.78, 5) is 30.2. The summed E-state index contributed by atoms with van der Waals surface area (Å²) >= 11 is 0. The third-order valence-electron chi connectivity index (χ3n) is 7.14. The molecule has 2 aromatic carbocycles. The molecule has 1 N–H and O–H groups in total. The van der Waals surface area contributed by atoms with E-state index in [1.165, 1.54) is 6.42 Å². The fourth-order valence-corrected chi connectivity index (χ4v) is 5.09. The van der Waals surface area contributed by atoms with Crippen molar-refractivity contribution in [1.29, 1.82) is 0 Å². The zero-order chi connectivity index (χ0) is 24.3. The van der Waals surface area contributed by atoms with Gasteiger partial charge in [0.25, 0.3) is 5.91 Å². The first-order chi connectivity index (χ1) is 16.3. The van der Waals surface area contributed by atoms with Crippen LogP contribution in [0.5, 0.6) is 0 Å². The van der Waals surface area contributed by atoms with E-state index in [1.54, 1.807) is 0 Å². The minimum Gasteiger partial charge on any atom is -0.349 e. The van der Waals surface area contributed by atoms with Crippen LogP contribution in [0.25, 0.3) is 11.1 Å². The number of carbonyl (C=O) groups excluding carboxylic acids is 2. The molecule has 2 heterocycles. The van der Waals surface area contributed by atoms with E-state index in [1.807, 2.05) is 23.1 Å². The number of anilines is 1. The molecule has 0 atom stereocenters. The topological polar surface area (TPSA) is 52.7 Å². The van der Waals surface area contributed by atoms with Gasteiger partial charge in [-0.15, -0.1) is 0 Å². The number of benzene rings is 2. The van der Waals surface area contributed by atoms with E-state index in [2.05, 4.69) is 62.2 Å². The van der Waals surface area contributed by atoms with Crippen molar-refractivity contribution in [2.75, 3.05) is 31.1 Å². The quantitative estimate of drug-likeness (QED) is 0.628. The molecule has 34 heavy (non-hydrogen) atoms. The van der Waals surface area contributed by atoms with E-state index < -0.39 is 0 Å². The predicted octanol–water partition coefficient (Wildman–Crippen LogP) is 5.38. The highest BCUT2D eigenvalue weighted by molar-refractivity contribution is 6.02. The van der Waals surface area contributed by atoms with Crippen LogP contribution in [-0.4, -0.2) is 48.9 Å². The number of likely N-dealkylation sites (tertiary alicyclic amines) is 1. The molecule has 0 spiro atoms. The molecular weight excluding hydrogens is 422 g/mol. The Labute approximate surface area is 204 Å². The molecule has 2 aliphatic rings. The Kier molecular flexibility index (Phi) is 7.42. The lowest BCUT2D eigenvalue weighted by Crippen LogP contribution is -2.44. The van der Waals surface area contributed by atoms with E-state index in [0.717, 1.165) is 67.8 Å². The molecule has 0 saturated carbocycles. The van der Waals surface area contributed by atoms with Crippen molar-refractivity contribution in [2.45, 2.75) is 71.3 Å². The zero-order valence-electron chi connectivity index (χ0n) is 21.2. The smallest absolute Gasteiger partial charge is 0.252 e. The highest BCUT2D eigenvalue weighted by Gasteiger charge is 2.25. The van der Waals surface area contributed by atoms with Gasteiger partial charge in [0, 0.05) is 43.3 Å². The van der Waals surface area contributed by atoms with Crippen LogP contribution in [0.1, 0.15) is 75.7 Å². The van der Waals surface area contributed by atoms with Crippen LogP contribution in [0.15, 0.2) is 42.5 Å². The van der Waals surface area contributed by atoms with Crippen LogP contribution in [0.3, 0.4) is 0 Å². The van der Waals surface area contributed by atoms with Crippen molar-refractivity contribution in [2.24, 2.45) is 0 Å². The highest BCUT2D eigenvalue weighted by Crippen LogP contribution is 2.33. The third-order valence-corrected chi connectivity index (χ3v) is 7.14. The minimum absolute atomic E-state index is 0.00214. The standard InChI is InChI=1S/C29H39N3O2/c1-5-15-31-17-13-23(14-18-31)30-28(34)26-20-22(29(2,3)4)11-12-25(26)21-8-6-9-24(19-21)32-16-7-10-27(32)33/h6,8-9,11-12,19-20,23H,5,7,10,13-18H2,1-4H3,(H,30,34). The Morgan fingerprint density at radius 2 is 1.82 bits per heavy atom. The Balaban J connectivity index is 1.62. The summed E-state index contributed by atoms with van der Waals surface area (Å²) in [5.41, 5.74) is 4.61. The van der Waals surface area contributed by atoms with Crippen molar-refractivity contribution in [3.05, 3.63) is 53.6 Å². The molecule has 0 aliphatic carbocycles. The molecule has 2 aromatic rings. The van der Waals surface area contributed by atoms with Crippen LogP contribution < -0.4 is 10.2 Å². The Morgan fingerprint density at radius 1 is 1.06 bits per heavy atom. The SMILES string of the molecule is CCCN1CCC(NC(=O)c2cc(C(C)(C)C)ccc2-c2cccc(N3CCCC3=O)c2)CC1. The van der Waals surface area contributed by atoms with Gasteiger partial charge in [0.1, 0.15) is 0 Å². The van der Waals surface area contributed by atoms with Gasteiger partial charge in [-0.05, 0) is 72.5 Å². The second-order valence-corrected chi connectivity index (χ2v) is 10.8. The van der Waals surface area contributed by atoms with Crippen LogP contribution in [0.2, 0.25) is 0 Å². The van der Waals surface area contributed by atoms with Crippen molar-refractivity contribution in [3.63, 3.8) is 0 Å². The first-order valence-electron chi connectivity index (χ1n) is 12.8. The van der Waals surface area contributed by atoms with E-state index in [4.69, 9.17) is 0 Å². The van der Waals surface area contributed by atoms with Gasteiger partial charge in [0.15, 0.2) is 0 Å². The van der Waals surface area contributed by atoms with Crippen LogP contribution in [-0.2, 0) is 10.2 Å². The number of piperidine rings is 1. The molecule has 0 radical (unpaired) electrons. The Hall–Kier alpha value is -2.66. The van der Waals surface area contributed by atoms with E-state index >= 15 is 0 Å². The van der Waals surface area contributed by atoms with Crippen LogP contribution in [0.4, 0.5) is 5.69 Å². The van der Waals surface area contributed by atoms with Gasteiger partial charge in [-0.1, -0.05) is 52.0 Å². The first kappa shape index (κ1) is 24.5. The maximum atomic E-state index is 13.6. The predicted molar refractivity (Wildman–Crippen MR) is 139 cm³/mol. The summed E-state index contributed by atoms with van der Waals surface area (Å²) in [7, 11) is 0. The normalized spacial score (nSPS) is 17.9. The average molecular weight is 462 g/mol. The Morgan fingerprint density at radius 3 is 2.47 bits per heavy atom. The molecule has 2 amide bonds. The summed E-state index contributed by atoms with van der Waals surface area (Å²) in [5.74, 6) is 0.172. The molecule has 5 nitrogen and oxygen atoms in total. The summed E-state index contributed by atoms with van der Waals surface area (Å²) < 4.78 is 0. The number of carbonyl (C=O) groups is 2. The monoisotopic (exact) mass is 461 g/mol. The maximum Gasteiger partial charge on any atom is 0.252 e. The fraction of sp³-hybridized carbons (Fsp3) is 0.517. The second-order valence-electron chi connectivity index (χ2n) is 10.8. The second kappa shape index (κ2) is 10.3. The van der Waals surface area contributed by atoms with Crippen LogP contribution >= 0.6 is 0 Å². The van der Waals surface area contributed by atoms with Gasteiger partial charge in [0.05, 0.1) is 0 Å². The lowest BCUT2D eigenvalue weighted by atomic mass is 9.84. The number of nitrogens with zero attached hydrogens (tertiary/aromatic N) is 2. The number of hydrogen-bond donors (Lipinski definition) is 1. The molecule has 2 fully saturated rings. The number of amides is 2. The van der Waals surface area contributed by atoms with Gasteiger partial charge in [-0.25, -0.2) is 0 Å². The summed E-state index contributed by atoms with van der Waals surface area (Å²) in [5, 5.41) is 3.33. The van der Waals surface area contributed by atoms with Crippen LogP contribution in [0, 0.1) is 0 Å². The molecular formula is C29H39N3O2. The van der Waals surface area contributed by atoms with E-state index in [9.17, 15) is 9.59 Å². The first-order valence-corrected chi connectivity index (χ1v) is 12.8. The fourth-order valence-electron chi connectivity index (χ4n) is 5.09. The summed E-state index contributed by atoms with van der Waals surface area (Å²) in [6, 6.07) is 14.5. The van der Waals surface area contributed by atoms with E-state index in [0.29, 0.717) is 12.0 Å². The molecule has 0 unspecified atom stereocenters. The summed E-state index contributed by atoms with van der Waals surface area (Å²) in [6.45, 7) is 12.7. The molecule has 182 valence electrons. The lowest BCUT2D eigenvalue weighted by Gasteiger charge is -2.32. The lowest BCUT2D eigenvalue weighted by molar-refractivity contribution is -0.117. The van der Waals surface area contributed by atoms with Gasteiger partial charge < -0.3 is 15.1 Å². The molecule has 0 aromatic heterocycles. The number of nitrogens with one attached hydrogen (secondary N) is 1. The molecule has 5 heteroatoms. The minimum atomic E-state index is -0.0527. The van der Waals surface area contributed by atoms with Crippen molar-refractivity contribution in [3.8, 4) is 11.1 Å². The third kappa shape index (κ3) is 5.52.